The molecule has 0 saturated carbocycles. The number of aliphatic hydroxyl groups excluding tert-OH is 1. The minimum atomic E-state index is -0.358. The molecule has 0 bridgehead atoms. The molecule has 1 aliphatic rings. The van der Waals surface area contributed by atoms with E-state index in [9.17, 15) is 5.11 Å². The fourth-order valence-electron chi connectivity index (χ4n) is 2.64. The van der Waals surface area contributed by atoms with Gasteiger partial charge in [0, 0.05) is 21.2 Å². The first kappa shape index (κ1) is 14.8. The van der Waals surface area contributed by atoms with Crippen molar-refractivity contribution in [3.63, 3.8) is 0 Å². The summed E-state index contributed by atoms with van der Waals surface area (Å²) in [6, 6.07) is 6.14. The molecule has 0 fully saturated rings. The van der Waals surface area contributed by atoms with Gasteiger partial charge < -0.3 is 15.7 Å². The second kappa shape index (κ2) is 5.26. The van der Waals surface area contributed by atoms with Crippen LogP contribution < -0.4 is 10.6 Å². The van der Waals surface area contributed by atoms with Gasteiger partial charge in [0.25, 0.3) is 0 Å². The molecule has 1 aromatic carbocycles. The maximum absolute atomic E-state index is 9.81. The van der Waals surface area contributed by atoms with Crippen LogP contribution >= 0.6 is 34.2 Å². The van der Waals surface area contributed by atoms with Crippen molar-refractivity contribution < 1.29 is 5.11 Å². The van der Waals surface area contributed by atoms with Crippen molar-refractivity contribution >= 4 is 51.6 Å². The molecule has 0 saturated heterocycles. The minimum absolute atomic E-state index is 0.0509. The molecular weight excluding hydrogens is 403 g/mol. The lowest BCUT2D eigenvalue weighted by Gasteiger charge is -2.24. The monoisotopic (exact) mass is 416 g/mol. The molecule has 3 rings (SSSR count). The van der Waals surface area contributed by atoms with Gasteiger partial charge in [-0.2, -0.15) is 4.98 Å². The van der Waals surface area contributed by atoms with Crippen molar-refractivity contribution in [1.29, 1.82) is 0 Å². The molecular formula is C14H14ClIN4O. The van der Waals surface area contributed by atoms with Crippen LogP contribution in [0, 0.1) is 3.57 Å². The first-order chi connectivity index (χ1) is 9.94. The normalized spacial score (nSPS) is 20.7. The van der Waals surface area contributed by atoms with Gasteiger partial charge in [0.05, 0.1) is 12.8 Å². The molecule has 3 N–H and O–H groups in total. The minimum Gasteiger partial charge on any atom is -0.395 e. The van der Waals surface area contributed by atoms with E-state index >= 15 is 0 Å². The Kier molecular flexibility index (Phi) is 3.71. The number of anilines is 3. The van der Waals surface area contributed by atoms with Gasteiger partial charge in [-0.25, -0.2) is 4.98 Å². The summed E-state index contributed by atoms with van der Waals surface area (Å²) in [5.74, 6) is 0.753. The Morgan fingerprint density at radius 3 is 3.00 bits per heavy atom. The van der Waals surface area contributed by atoms with Crippen LogP contribution in [0.1, 0.15) is 12.5 Å². The molecule has 2 aromatic rings. The zero-order valence-corrected chi connectivity index (χ0v) is 14.3. The van der Waals surface area contributed by atoms with Crippen LogP contribution in [0.2, 0.25) is 5.02 Å². The quantitative estimate of drug-likeness (QED) is 0.736. The second-order valence-corrected chi connectivity index (χ2v) is 7.02. The molecule has 1 aliphatic heterocycles. The van der Waals surface area contributed by atoms with Gasteiger partial charge in [0.1, 0.15) is 5.02 Å². The third-order valence-electron chi connectivity index (χ3n) is 3.76. The van der Waals surface area contributed by atoms with E-state index < -0.39 is 0 Å². The zero-order chi connectivity index (χ0) is 15.2. The van der Waals surface area contributed by atoms with Crippen LogP contribution in [-0.4, -0.2) is 28.2 Å². The number of hydrogen-bond acceptors (Lipinski definition) is 5. The summed E-state index contributed by atoms with van der Waals surface area (Å²) < 4.78 is 1.11. The van der Waals surface area contributed by atoms with Gasteiger partial charge in [-0.3, -0.25) is 0 Å². The van der Waals surface area contributed by atoms with E-state index in [-0.39, 0.29) is 18.0 Å². The number of aliphatic hydroxyl groups is 1. The zero-order valence-electron chi connectivity index (χ0n) is 11.3. The fraction of sp³-hybridized carbons (Fsp3) is 0.286. The molecule has 0 aliphatic carbocycles. The van der Waals surface area contributed by atoms with Crippen LogP contribution in [0.25, 0.3) is 0 Å². The van der Waals surface area contributed by atoms with Gasteiger partial charge >= 0.3 is 0 Å². The number of aromatic nitrogens is 2. The fourth-order valence-corrected chi connectivity index (χ4v) is 3.31. The highest BCUT2D eigenvalue weighted by Crippen LogP contribution is 2.45. The van der Waals surface area contributed by atoms with Crippen molar-refractivity contribution in [1.82, 2.24) is 9.97 Å². The summed E-state index contributed by atoms with van der Waals surface area (Å²) in [5.41, 5.74) is 7.41. The highest BCUT2D eigenvalue weighted by Gasteiger charge is 2.40. The smallest absolute Gasteiger partial charge is 0.222 e. The summed E-state index contributed by atoms with van der Waals surface area (Å²) in [6.45, 7) is 2.67. The predicted octanol–water partition coefficient (Wildman–Crippen LogP) is 2.72. The van der Waals surface area contributed by atoms with E-state index in [1.54, 1.807) is 0 Å². The van der Waals surface area contributed by atoms with Crippen molar-refractivity contribution in [3.8, 4) is 0 Å². The lowest BCUT2D eigenvalue weighted by atomic mass is 9.86. The molecule has 0 radical (unpaired) electrons. The molecule has 5 nitrogen and oxygen atoms in total. The van der Waals surface area contributed by atoms with E-state index in [0.717, 1.165) is 14.8 Å². The molecule has 0 amide bonds. The first-order valence-electron chi connectivity index (χ1n) is 6.41. The number of hydrogen-bond donors (Lipinski definition) is 2. The molecule has 0 spiro atoms. The maximum Gasteiger partial charge on any atom is 0.222 e. The Morgan fingerprint density at radius 1 is 1.52 bits per heavy atom. The third-order valence-corrected chi connectivity index (χ3v) is 4.69. The summed E-state index contributed by atoms with van der Waals surface area (Å²) in [6.07, 6.45) is 1.50. The topological polar surface area (TPSA) is 75.3 Å². The Hall–Kier alpha value is -1.12. The number of benzene rings is 1. The van der Waals surface area contributed by atoms with Crippen molar-refractivity contribution in [2.45, 2.75) is 12.3 Å². The maximum atomic E-state index is 9.81. The van der Waals surface area contributed by atoms with E-state index in [4.69, 9.17) is 17.3 Å². The summed E-state index contributed by atoms with van der Waals surface area (Å²) in [7, 11) is 0. The Labute approximate surface area is 141 Å². The standard InChI is InChI=1S/C14H14ClIN4O/c1-14(7-21)6-20(11-4-8(16)2-3-9(11)14)12-10(15)5-18-13(17)19-12/h2-5,21H,6-7H2,1H3,(H2,17,18,19)/t14-/m0/s1. The van der Waals surface area contributed by atoms with Crippen LogP contribution in [0.4, 0.5) is 17.5 Å². The Balaban J connectivity index is 2.18. The number of rotatable bonds is 2. The van der Waals surface area contributed by atoms with Crippen LogP contribution in [-0.2, 0) is 5.41 Å². The highest BCUT2D eigenvalue weighted by molar-refractivity contribution is 14.1. The van der Waals surface area contributed by atoms with Gasteiger partial charge in [-0.1, -0.05) is 24.6 Å². The number of halogens is 2. The average Bonchev–Trinajstić information content (AvgIpc) is 2.75. The molecule has 21 heavy (non-hydrogen) atoms. The molecule has 1 atom stereocenters. The molecule has 110 valence electrons. The summed E-state index contributed by atoms with van der Waals surface area (Å²) >= 11 is 8.49. The summed E-state index contributed by atoms with van der Waals surface area (Å²) in [5, 5.41) is 10.3. The van der Waals surface area contributed by atoms with E-state index in [2.05, 4.69) is 38.6 Å². The SMILES string of the molecule is C[C@@]1(CO)CN(c2nc(N)ncc2Cl)c2cc(I)ccc21. The predicted molar refractivity (Wildman–Crippen MR) is 92.1 cm³/mol. The molecule has 2 heterocycles. The van der Waals surface area contributed by atoms with E-state index in [1.165, 1.54) is 6.20 Å². The van der Waals surface area contributed by atoms with Crippen LogP contribution in [0.5, 0.6) is 0 Å². The number of nitrogens with two attached hydrogens (primary N) is 1. The number of fused-ring (bicyclic) bond motifs is 1. The van der Waals surface area contributed by atoms with Crippen molar-refractivity contribution in [3.05, 3.63) is 38.6 Å². The average molecular weight is 417 g/mol. The van der Waals surface area contributed by atoms with Crippen LogP contribution in [0.15, 0.2) is 24.4 Å². The Morgan fingerprint density at radius 2 is 2.29 bits per heavy atom. The lowest BCUT2D eigenvalue weighted by molar-refractivity contribution is 0.216. The third kappa shape index (κ3) is 2.45. The molecule has 1 aromatic heterocycles. The number of nitrogen functional groups attached to an aromatic ring is 1. The lowest BCUT2D eigenvalue weighted by Crippen LogP contribution is -2.32. The van der Waals surface area contributed by atoms with Gasteiger partial charge in [-0.15, -0.1) is 0 Å². The molecule has 0 unspecified atom stereocenters. The van der Waals surface area contributed by atoms with Gasteiger partial charge in [-0.05, 0) is 40.3 Å². The second-order valence-electron chi connectivity index (χ2n) is 5.37. The van der Waals surface area contributed by atoms with Gasteiger partial charge in [0.15, 0.2) is 5.82 Å². The Bertz CT molecular complexity index is 711. The van der Waals surface area contributed by atoms with E-state index in [0.29, 0.717) is 17.4 Å². The van der Waals surface area contributed by atoms with Crippen molar-refractivity contribution in [2.24, 2.45) is 0 Å². The first-order valence-corrected chi connectivity index (χ1v) is 7.87. The summed E-state index contributed by atoms with van der Waals surface area (Å²) in [4.78, 5) is 10.2. The van der Waals surface area contributed by atoms with E-state index in [1.807, 2.05) is 24.0 Å². The van der Waals surface area contributed by atoms with Crippen molar-refractivity contribution in [2.75, 3.05) is 23.8 Å². The largest absolute Gasteiger partial charge is 0.395 e. The van der Waals surface area contributed by atoms with Crippen LogP contribution in [0.3, 0.4) is 0 Å². The van der Waals surface area contributed by atoms with Gasteiger partial charge in [0.2, 0.25) is 5.95 Å². The molecule has 7 heteroatoms. The number of nitrogens with zero attached hydrogens (tertiary/aromatic N) is 3. The highest BCUT2D eigenvalue weighted by atomic mass is 127.